The van der Waals surface area contributed by atoms with Crippen molar-refractivity contribution in [2.75, 3.05) is 7.11 Å². The van der Waals surface area contributed by atoms with E-state index in [1.807, 2.05) is 18.4 Å². The van der Waals surface area contributed by atoms with Gasteiger partial charge in [-0.3, -0.25) is 4.79 Å². The summed E-state index contributed by atoms with van der Waals surface area (Å²) >= 11 is 3.79. The van der Waals surface area contributed by atoms with Crippen LogP contribution in [0.25, 0.3) is 0 Å². The smallest absolute Gasteiger partial charge is 0.252 e. The highest BCUT2D eigenvalue weighted by Crippen LogP contribution is 2.38. The van der Waals surface area contributed by atoms with Crippen molar-refractivity contribution in [1.82, 2.24) is 5.32 Å². The van der Waals surface area contributed by atoms with E-state index in [0.29, 0.717) is 0 Å². The van der Waals surface area contributed by atoms with Gasteiger partial charge in [-0.25, -0.2) is 0 Å². The van der Waals surface area contributed by atoms with Crippen molar-refractivity contribution < 1.29 is 9.53 Å². The lowest BCUT2D eigenvalue weighted by atomic mass is 10.3. The molecule has 3 nitrogen and oxygen atoms in total. The molecular formula is C10H12INO2S. The molecule has 5 heteroatoms. The van der Waals surface area contributed by atoms with E-state index in [9.17, 15) is 4.79 Å². The molecule has 1 aromatic rings. The maximum Gasteiger partial charge on any atom is 0.252 e. The van der Waals surface area contributed by atoms with Crippen molar-refractivity contribution in [2.45, 2.75) is 25.0 Å². The Balaban J connectivity index is 1.95. The van der Waals surface area contributed by atoms with Gasteiger partial charge < -0.3 is 10.1 Å². The Morgan fingerprint density at radius 1 is 1.80 bits per heavy atom. The number of thiophene rings is 1. The Kier molecular flexibility index (Phi) is 3.05. The van der Waals surface area contributed by atoms with E-state index < -0.39 is 0 Å². The molecular weight excluding hydrogens is 325 g/mol. The lowest BCUT2D eigenvalue weighted by molar-refractivity contribution is 0.0787. The zero-order valence-corrected chi connectivity index (χ0v) is 11.5. The SMILES string of the molecule is CO[C@@]1(C)C[C@H]1NC(=O)c1csc(I)c1. The van der Waals surface area contributed by atoms with E-state index in [-0.39, 0.29) is 17.6 Å². The molecule has 1 aromatic heterocycles. The first-order valence-electron chi connectivity index (χ1n) is 4.65. The number of carbonyl (C=O) groups excluding carboxylic acids is 1. The molecule has 0 radical (unpaired) electrons. The van der Waals surface area contributed by atoms with Gasteiger partial charge >= 0.3 is 0 Å². The van der Waals surface area contributed by atoms with E-state index >= 15 is 0 Å². The van der Waals surface area contributed by atoms with Gasteiger partial charge in [-0.2, -0.15) is 0 Å². The van der Waals surface area contributed by atoms with Crippen LogP contribution in [0.5, 0.6) is 0 Å². The summed E-state index contributed by atoms with van der Waals surface area (Å²) in [5.41, 5.74) is 0.591. The zero-order valence-electron chi connectivity index (χ0n) is 8.54. The Labute approximate surface area is 106 Å². The first kappa shape index (κ1) is 11.3. The van der Waals surface area contributed by atoms with Crippen LogP contribution in [0.1, 0.15) is 23.7 Å². The summed E-state index contributed by atoms with van der Waals surface area (Å²) < 4.78 is 6.42. The van der Waals surface area contributed by atoms with Gasteiger partial charge in [0.25, 0.3) is 5.91 Å². The van der Waals surface area contributed by atoms with E-state index in [1.165, 1.54) is 0 Å². The molecule has 1 heterocycles. The second kappa shape index (κ2) is 4.03. The number of hydrogen-bond donors (Lipinski definition) is 1. The first-order valence-corrected chi connectivity index (χ1v) is 6.61. The zero-order chi connectivity index (χ0) is 11.1. The molecule has 82 valence electrons. The van der Waals surface area contributed by atoms with Gasteiger partial charge in [0.05, 0.1) is 20.1 Å². The molecule has 1 amide bonds. The third-order valence-corrected chi connectivity index (χ3v) is 4.58. The first-order chi connectivity index (χ1) is 7.05. The van der Waals surface area contributed by atoms with Crippen LogP contribution in [0.3, 0.4) is 0 Å². The van der Waals surface area contributed by atoms with Crippen molar-refractivity contribution in [3.63, 3.8) is 0 Å². The van der Waals surface area contributed by atoms with E-state index in [1.54, 1.807) is 18.4 Å². The number of carbonyl (C=O) groups is 1. The highest BCUT2D eigenvalue weighted by Gasteiger charge is 2.51. The molecule has 0 bridgehead atoms. The minimum absolute atomic E-state index is 0.0000546. The summed E-state index contributed by atoms with van der Waals surface area (Å²) in [6.07, 6.45) is 0.899. The number of rotatable bonds is 3. The highest BCUT2D eigenvalue weighted by atomic mass is 127. The standard InChI is InChI=1S/C10H12INO2S/c1-10(14-2)4-7(10)12-9(13)6-3-8(11)15-5-6/h3,5,7H,4H2,1-2H3,(H,12,13)/t7-,10+/m1/s1. The predicted octanol–water partition coefficient (Wildman–Crippen LogP) is 2.26. The molecule has 1 aliphatic carbocycles. The van der Waals surface area contributed by atoms with Crippen molar-refractivity contribution in [3.8, 4) is 0 Å². The Morgan fingerprint density at radius 3 is 3.00 bits per heavy atom. The van der Waals surface area contributed by atoms with Crippen LogP contribution in [0.2, 0.25) is 0 Å². The average molecular weight is 337 g/mol. The van der Waals surface area contributed by atoms with E-state index in [4.69, 9.17) is 4.74 Å². The predicted molar refractivity (Wildman–Crippen MR) is 68.3 cm³/mol. The summed E-state index contributed by atoms with van der Waals surface area (Å²) in [4.78, 5) is 11.7. The molecule has 2 rings (SSSR count). The molecule has 1 fully saturated rings. The summed E-state index contributed by atoms with van der Waals surface area (Å²) in [6, 6.07) is 2.06. The molecule has 2 atom stereocenters. The van der Waals surface area contributed by atoms with Crippen LogP contribution in [0.4, 0.5) is 0 Å². The van der Waals surface area contributed by atoms with Crippen molar-refractivity contribution in [1.29, 1.82) is 0 Å². The monoisotopic (exact) mass is 337 g/mol. The fourth-order valence-corrected chi connectivity index (χ4v) is 2.77. The number of ether oxygens (including phenoxy) is 1. The fraction of sp³-hybridized carbons (Fsp3) is 0.500. The van der Waals surface area contributed by atoms with Crippen LogP contribution in [0, 0.1) is 2.88 Å². The van der Waals surface area contributed by atoms with Crippen molar-refractivity contribution in [3.05, 3.63) is 19.9 Å². The quantitative estimate of drug-likeness (QED) is 0.860. The summed E-state index contributed by atoms with van der Waals surface area (Å²) in [7, 11) is 1.68. The molecule has 1 N–H and O–H groups in total. The largest absolute Gasteiger partial charge is 0.376 e. The second-order valence-electron chi connectivity index (χ2n) is 3.89. The number of amides is 1. The third-order valence-electron chi connectivity index (χ3n) is 2.79. The van der Waals surface area contributed by atoms with E-state index in [0.717, 1.165) is 14.9 Å². The number of nitrogens with one attached hydrogen (secondary N) is 1. The summed E-state index contributed by atoms with van der Waals surface area (Å²) in [5, 5.41) is 4.84. The normalized spacial score (nSPS) is 28.9. The third kappa shape index (κ3) is 2.34. The Bertz CT molecular complexity index is 393. The molecule has 0 aliphatic heterocycles. The van der Waals surface area contributed by atoms with Crippen LogP contribution < -0.4 is 5.32 Å². The number of hydrogen-bond acceptors (Lipinski definition) is 3. The van der Waals surface area contributed by atoms with Crippen molar-refractivity contribution in [2.24, 2.45) is 0 Å². The van der Waals surface area contributed by atoms with Crippen LogP contribution in [-0.2, 0) is 4.74 Å². The van der Waals surface area contributed by atoms with Gasteiger partial charge in [0.2, 0.25) is 0 Å². The van der Waals surface area contributed by atoms with Crippen LogP contribution in [0.15, 0.2) is 11.4 Å². The second-order valence-corrected chi connectivity index (χ2v) is 6.69. The minimum atomic E-state index is -0.154. The van der Waals surface area contributed by atoms with Gasteiger partial charge in [0.15, 0.2) is 0 Å². The van der Waals surface area contributed by atoms with E-state index in [2.05, 4.69) is 27.9 Å². The molecule has 0 aromatic carbocycles. The molecule has 1 saturated carbocycles. The Hall–Kier alpha value is -0.140. The average Bonchev–Trinajstić information content (AvgIpc) is 2.64. The number of halogens is 1. The lowest BCUT2D eigenvalue weighted by Crippen LogP contribution is -2.31. The molecule has 0 saturated heterocycles. The fourth-order valence-electron chi connectivity index (χ4n) is 1.45. The molecule has 0 unspecified atom stereocenters. The maximum atomic E-state index is 11.7. The topological polar surface area (TPSA) is 38.3 Å². The lowest BCUT2D eigenvalue weighted by Gasteiger charge is -2.09. The number of methoxy groups -OCH3 is 1. The highest BCUT2D eigenvalue weighted by molar-refractivity contribution is 14.1. The van der Waals surface area contributed by atoms with Gasteiger partial charge in [0, 0.05) is 18.9 Å². The Morgan fingerprint density at radius 2 is 2.53 bits per heavy atom. The summed E-state index contributed by atoms with van der Waals surface area (Å²) in [6.45, 7) is 2.01. The summed E-state index contributed by atoms with van der Waals surface area (Å²) in [5.74, 6) is -0.0000546. The van der Waals surface area contributed by atoms with Gasteiger partial charge in [0.1, 0.15) is 0 Å². The van der Waals surface area contributed by atoms with Gasteiger partial charge in [-0.1, -0.05) is 0 Å². The molecule has 1 aliphatic rings. The van der Waals surface area contributed by atoms with Crippen molar-refractivity contribution >= 4 is 39.8 Å². The maximum absolute atomic E-state index is 11.7. The molecule has 15 heavy (non-hydrogen) atoms. The minimum Gasteiger partial charge on any atom is -0.376 e. The molecule has 0 spiro atoms. The van der Waals surface area contributed by atoms with Crippen LogP contribution >= 0.6 is 33.9 Å². The van der Waals surface area contributed by atoms with Crippen LogP contribution in [-0.4, -0.2) is 24.7 Å². The van der Waals surface area contributed by atoms with Gasteiger partial charge in [-0.05, 0) is 35.6 Å². The van der Waals surface area contributed by atoms with Gasteiger partial charge in [-0.15, -0.1) is 11.3 Å².